The van der Waals surface area contributed by atoms with Gasteiger partial charge in [0.1, 0.15) is 11.3 Å². The minimum absolute atomic E-state index is 0.0551. The minimum atomic E-state index is -0.454. The fourth-order valence-electron chi connectivity index (χ4n) is 1.63. The summed E-state index contributed by atoms with van der Waals surface area (Å²) in [5.41, 5.74) is 6.45. The monoisotopic (exact) mass is 326 g/mol. The Kier molecular flexibility index (Phi) is 3.94. The zero-order chi connectivity index (χ0) is 14.0. The number of nitrogen functional groups attached to an aromatic ring is 1. The molecular formula is C12H12BrFN4O. The number of nitrogens with two attached hydrogens (primary N) is 1. The third-order valence-corrected chi connectivity index (χ3v) is 3.37. The molecule has 0 atom stereocenters. The number of nitrogens with one attached hydrogen (secondary N) is 1. The second-order valence-corrected chi connectivity index (χ2v) is 4.77. The Morgan fingerprint density at radius 2 is 2.21 bits per heavy atom. The molecule has 2 rings (SSSR count). The Balaban J connectivity index is 2.52. The summed E-state index contributed by atoms with van der Waals surface area (Å²) in [5, 5.41) is 10.8. The number of hydrogen-bond acceptors (Lipinski definition) is 4. The second kappa shape index (κ2) is 5.48. The van der Waals surface area contributed by atoms with Crippen LogP contribution in [0.4, 0.5) is 10.1 Å². The Morgan fingerprint density at radius 3 is 2.89 bits per heavy atom. The Hall–Kier alpha value is -1.76. The van der Waals surface area contributed by atoms with Gasteiger partial charge in [-0.05, 0) is 34.5 Å². The van der Waals surface area contributed by atoms with Gasteiger partial charge in [0.2, 0.25) is 0 Å². The van der Waals surface area contributed by atoms with Crippen LogP contribution in [0.2, 0.25) is 0 Å². The number of amides is 1. The van der Waals surface area contributed by atoms with E-state index in [1.54, 1.807) is 0 Å². The second-order valence-electron chi connectivity index (χ2n) is 3.98. The Labute approximate surface area is 117 Å². The molecule has 7 heteroatoms. The van der Waals surface area contributed by atoms with Crippen LogP contribution in [0.15, 0.2) is 16.6 Å². The first-order chi connectivity index (χ1) is 9.06. The van der Waals surface area contributed by atoms with Gasteiger partial charge in [-0.3, -0.25) is 4.79 Å². The van der Waals surface area contributed by atoms with Gasteiger partial charge in [0, 0.05) is 11.9 Å². The molecule has 3 N–H and O–H groups in total. The molecular weight excluding hydrogens is 315 g/mol. The average Bonchev–Trinajstić information content (AvgIpc) is 2.41. The summed E-state index contributed by atoms with van der Waals surface area (Å²) in [5.74, 6) is -0.835. The molecule has 100 valence electrons. The van der Waals surface area contributed by atoms with Gasteiger partial charge in [-0.2, -0.15) is 0 Å². The zero-order valence-corrected chi connectivity index (χ0v) is 11.8. The van der Waals surface area contributed by atoms with Crippen molar-refractivity contribution in [3.05, 3.63) is 28.1 Å². The molecule has 2 aromatic rings. The highest BCUT2D eigenvalue weighted by Crippen LogP contribution is 2.29. The van der Waals surface area contributed by atoms with Crippen LogP contribution in [-0.4, -0.2) is 22.6 Å². The van der Waals surface area contributed by atoms with Crippen molar-refractivity contribution in [2.24, 2.45) is 0 Å². The van der Waals surface area contributed by atoms with E-state index in [9.17, 15) is 9.18 Å². The van der Waals surface area contributed by atoms with Crippen molar-refractivity contribution in [3.63, 3.8) is 0 Å². The molecule has 0 aliphatic heterocycles. The van der Waals surface area contributed by atoms with Crippen molar-refractivity contribution in [1.82, 2.24) is 15.5 Å². The van der Waals surface area contributed by atoms with E-state index in [0.717, 1.165) is 6.42 Å². The van der Waals surface area contributed by atoms with Crippen molar-refractivity contribution in [2.45, 2.75) is 13.3 Å². The van der Waals surface area contributed by atoms with Crippen LogP contribution in [0.25, 0.3) is 10.9 Å². The molecule has 1 heterocycles. The molecule has 1 aromatic carbocycles. The van der Waals surface area contributed by atoms with Gasteiger partial charge in [-0.25, -0.2) is 4.39 Å². The lowest BCUT2D eigenvalue weighted by Crippen LogP contribution is -2.26. The Morgan fingerprint density at radius 1 is 1.47 bits per heavy atom. The number of rotatable bonds is 3. The van der Waals surface area contributed by atoms with Crippen LogP contribution in [0.3, 0.4) is 0 Å². The molecule has 1 aromatic heterocycles. The number of fused-ring (bicyclic) bond motifs is 1. The van der Waals surface area contributed by atoms with Gasteiger partial charge in [-0.1, -0.05) is 6.92 Å². The Bertz CT molecular complexity index is 647. The molecule has 0 aliphatic rings. The minimum Gasteiger partial charge on any atom is -0.396 e. The molecule has 0 radical (unpaired) electrons. The summed E-state index contributed by atoms with van der Waals surface area (Å²) in [6, 6.07) is 2.74. The van der Waals surface area contributed by atoms with Gasteiger partial charge in [0.25, 0.3) is 5.91 Å². The molecule has 0 bridgehead atoms. The quantitative estimate of drug-likeness (QED) is 0.906. The van der Waals surface area contributed by atoms with E-state index in [2.05, 4.69) is 31.4 Å². The zero-order valence-electron chi connectivity index (χ0n) is 10.2. The van der Waals surface area contributed by atoms with Crippen LogP contribution in [0, 0.1) is 5.82 Å². The average molecular weight is 327 g/mol. The maximum absolute atomic E-state index is 13.4. The maximum Gasteiger partial charge on any atom is 0.273 e. The topological polar surface area (TPSA) is 80.9 Å². The standard InChI is InChI=1S/C12H12BrFN4O/c1-2-5-16-12(19)11-9(15)6-3-4-7(14)8(13)10(6)17-18-11/h3-4H,2,5H2,1H3,(H2,15,17)(H,16,19). The largest absolute Gasteiger partial charge is 0.396 e. The number of carbonyl (C=O) groups is 1. The van der Waals surface area contributed by atoms with Crippen LogP contribution < -0.4 is 11.1 Å². The first-order valence-corrected chi connectivity index (χ1v) is 6.53. The van der Waals surface area contributed by atoms with Crippen molar-refractivity contribution < 1.29 is 9.18 Å². The molecule has 0 saturated heterocycles. The van der Waals surface area contributed by atoms with Crippen LogP contribution in [0.5, 0.6) is 0 Å². The number of halogens is 2. The molecule has 5 nitrogen and oxygen atoms in total. The van der Waals surface area contributed by atoms with E-state index in [1.165, 1.54) is 12.1 Å². The highest BCUT2D eigenvalue weighted by atomic mass is 79.9. The number of nitrogens with zero attached hydrogens (tertiary/aromatic N) is 2. The fourth-order valence-corrected chi connectivity index (χ4v) is 2.05. The predicted molar refractivity (Wildman–Crippen MR) is 74.2 cm³/mol. The third kappa shape index (κ3) is 2.51. The number of anilines is 1. The molecule has 0 fully saturated rings. The fraction of sp³-hybridized carbons (Fsp3) is 0.250. The summed E-state index contributed by atoms with van der Waals surface area (Å²) >= 11 is 3.08. The lowest BCUT2D eigenvalue weighted by atomic mass is 10.1. The maximum atomic E-state index is 13.4. The highest BCUT2D eigenvalue weighted by Gasteiger charge is 2.17. The van der Waals surface area contributed by atoms with Gasteiger partial charge in [-0.15, -0.1) is 10.2 Å². The van der Waals surface area contributed by atoms with E-state index in [0.29, 0.717) is 17.4 Å². The van der Waals surface area contributed by atoms with E-state index >= 15 is 0 Å². The molecule has 1 amide bonds. The third-order valence-electron chi connectivity index (χ3n) is 2.61. The first-order valence-electron chi connectivity index (χ1n) is 5.74. The van der Waals surface area contributed by atoms with Crippen LogP contribution in [0.1, 0.15) is 23.8 Å². The molecule has 0 saturated carbocycles. The predicted octanol–water partition coefficient (Wildman–Crippen LogP) is 2.25. The lowest BCUT2D eigenvalue weighted by Gasteiger charge is -2.08. The van der Waals surface area contributed by atoms with Crippen molar-refractivity contribution in [2.75, 3.05) is 12.3 Å². The molecule has 0 aliphatic carbocycles. The lowest BCUT2D eigenvalue weighted by molar-refractivity contribution is 0.0949. The summed E-state index contributed by atoms with van der Waals surface area (Å²) in [7, 11) is 0. The van der Waals surface area contributed by atoms with E-state index < -0.39 is 5.82 Å². The smallest absolute Gasteiger partial charge is 0.273 e. The summed E-state index contributed by atoms with van der Waals surface area (Å²) < 4.78 is 13.6. The van der Waals surface area contributed by atoms with E-state index in [1.807, 2.05) is 6.92 Å². The number of benzene rings is 1. The van der Waals surface area contributed by atoms with E-state index in [-0.39, 0.29) is 21.8 Å². The number of aromatic nitrogens is 2. The SMILES string of the molecule is CCCNC(=O)c1nnc2c(Br)c(F)ccc2c1N. The highest BCUT2D eigenvalue weighted by molar-refractivity contribution is 9.10. The first kappa shape index (κ1) is 13.7. The van der Waals surface area contributed by atoms with Gasteiger partial charge < -0.3 is 11.1 Å². The molecule has 0 unspecified atom stereocenters. The number of carbonyl (C=O) groups excluding carboxylic acids is 1. The summed E-state index contributed by atoms with van der Waals surface area (Å²) in [4.78, 5) is 11.8. The van der Waals surface area contributed by atoms with Gasteiger partial charge in [0.15, 0.2) is 5.69 Å². The van der Waals surface area contributed by atoms with Crippen molar-refractivity contribution in [3.8, 4) is 0 Å². The van der Waals surface area contributed by atoms with Gasteiger partial charge in [0.05, 0.1) is 10.2 Å². The summed E-state index contributed by atoms with van der Waals surface area (Å²) in [6.45, 7) is 2.47. The number of hydrogen-bond donors (Lipinski definition) is 2. The molecule has 0 spiro atoms. The van der Waals surface area contributed by atoms with E-state index in [4.69, 9.17) is 5.73 Å². The summed E-state index contributed by atoms with van der Waals surface area (Å²) in [6.07, 6.45) is 0.809. The van der Waals surface area contributed by atoms with Crippen molar-refractivity contribution >= 4 is 38.4 Å². The molecule has 19 heavy (non-hydrogen) atoms. The van der Waals surface area contributed by atoms with Crippen molar-refractivity contribution in [1.29, 1.82) is 0 Å². The normalized spacial score (nSPS) is 10.7. The van der Waals surface area contributed by atoms with Gasteiger partial charge >= 0.3 is 0 Å². The van der Waals surface area contributed by atoms with Crippen LogP contribution >= 0.6 is 15.9 Å². The van der Waals surface area contributed by atoms with Crippen LogP contribution in [-0.2, 0) is 0 Å².